The summed E-state index contributed by atoms with van der Waals surface area (Å²) in [5.41, 5.74) is 1.48. The molecular formula is C14H11Cl2NO2S. The van der Waals surface area contributed by atoms with Crippen molar-refractivity contribution in [3.05, 3.63) is 49.9 Å². The van der Waals surface area contributed by atoms with Gasteiger partial charge in [0.25, 0.3) is 0 Å². The molecule has 1 aromatic carbocycles. The number of nitrogens with zero attached hydrogens (tertiary/aromatic N) is 1. The maximum absolute atomic E-state index is 10.7. The minimum absolute atomic E-state index is 0.0407. The minimum Gasteiger partial charge on any atom is -0.481 e. The number of benzene rings is 1. The molecule has 1 aliphatic rings. The van der Waals surface area contributed by atoms with Gasteiger partial charge in [0.15, 0.2) is 0 Å². The monoisotopic (exact) mass is 327 g/mol. The van der Waals surface area contributed by atoms with Gasteiger partial charge in [-0.3, -0.25) is 4.79 Å². The molecule has 1 heterocycles. The maximum atomic E-state index is 10.7. The highest BCUT2D eigenvalue weighted by atomic mass is 35.5. The zero-order valence-corrected chi connectivity index (χ0v) is 12.7. The third kappa shape index (κ3) is 2.43. The van der Waals surface area contributed by atoms with E-state index >= 15 is 0 Å². The number of halogens is 2. The van der Waals surface area contributed by atoms with Gasteiger partial charge < -0.3 is 5.11 Å². The molecule has 1 fully saturated rings. The minimum atomic E-state index is -0.865. The zero-order valence-electron chi connectivity index (χ0n) is 10.4. The zero-order chi connectivity index (χ0) is 14.3. The molecule has 104 valence electrons. The number of rotatable bonds is 4. The SMILES string of the molecule is O=C(O)Cc1csc(C2(c3ccc(Cl)cc3Cl)CC2)n1. The third-order valence-electron chi connectivity index (χ3n) is 3.49. The predicted molar refractivity (Wildman–Crippen MR) is 79.9 cm³/mol. The fourth-order valence-electron chi connectivity index (χ4n) is 2.36. The molecule has 3 rings (SSSR count). The lowest BCUT2D eigenvalue weighted by Crippen LogP contribution is -2.10. The van der Waals surface area contributed by atoms with Gasteiger partial charge in [-0.2, -0.15) is 0 Å². The van der Waals surface area contributed by atoms with Gasteiger partial charge in [0.2, 0.25) is 0 Å². The second-order valence-corrected chi connectivity index (χ2v) is 6.62. The van der Waals surface area contributed by atoms with Crippen LogP contribution in [0.4, 0.5) is 0 Å². The highest BCUT2D eigenvalue weighted by Crippen LogP contribution is 2.56. The number of carbonyl (C=O) groups is 1. The molecule has 0 radical (unpaired) electrons. The number of thiazole rings is 1. The van der Waals surface area contributed by atoms with E-state index in [1.54, 1.807) is 6.07 Å². The van der Waals surface area contributed by atoms with E-state index < -0.39 is 5.97 Å². The Morgan fingerprint density at radius 3 is 2.75 bits per heavy atom. The molecule has 0 amide bonds. The quantitative estimate of drug-likeness (QED) is 0.917. The Morgan fingerprint density at radius 1 is 1.40 bits per heavy atom. The van der Waals surface area contributed by atoms with Crippen molar-refractivity contribution in [3.63, 3.8) is 0 Å². The molecule has 0 bridgehead atoms. The van der Waals surface area contributed by atoms with Crippen LogP contribution in [0.25, 0.3) is 0 Å². The van der Waals surface area contributed by atoms with Crippen molar-refractivity contribution in [2.45, 2.75) is 24.7 Å². The first-order valence-corrected chi connectivity index (χ1v) is 7.77. The van der Waals surface area contributed by atoms with E-state index in [4.69, 9.17) is 28.3 Å². The smallest absolute Gasteiger partial charge is 0.309 e. The van der Waals surface area contributed by atoms with Crippen molar-refractivity contribution in [2.24, 2.45) is 0 Å². The molecule has 3 nitrogen and oxygen atoms in total. The Morgan fingerprint density at radius 2 is 2.15 bits per heavy atom. The second kappa shape index (κ2) is 5.02. The molecule has 0 atom stereocenters. The van der Waals surface area contributed by atoms with Gasteiger partial charge in [-0.25, -0.2) is 4.98 Å². The first-order valence-electron chi connectivity index (χ1n) is 6.13. The van der Waals surface area contributed by atoms with Crippen molar-refractivity contribution >= 4 is 40.5 Å². The van der Waals surface area contributed by atoms with Gasteiger partial charge in [0.1, 0.15) is 5.01 Å². The maximum Gasteiger partial charge on any atom is 0.309 e. The van der Waals surface area contributed by atoms with Gasteiger partial charge in [0, 0.05) is 20.8 Å². The summed E-state index contributed by atoms with van der Waals surface area (Å²) in [4.78, 5) is 15.2. The number of aliphatic carboxylic acids is 1. The van der Waals surface area contributed by atoms with Crippen LogP contribution in [-0.4, -0.2) is 16.1 Å². The van der Waals surface area contributed by atoms with Crippen LogP contribution in [0.5, 0.6) is 0 Å². The lowest BCUT2D eigenvalue weighted by atomic mass is 9.96. The molecule has 6 heteroatoms. The van der Waals surface area contributed by atoms with Gasteiger partial charge in [0.05, 0.1) is 12.1 Å². The molecule has 1 saturated carbocycles. The lowest BCUT2D eigenvalue weighted by molar-refractivity contribution is -0.136. The Kier molecular flexibility index (Phi) is 3.48. The normalized spacial score (nSPS) is 16.1. The Bertz CT molecular complexity index is 680. The summed E-state index contributed by atoms with van der Waals surface area (Å²) in [5, 5.41) is 12.8. The van der Waals surface area contributed by atoms with E-state index in [2.05, 4.69) is 4.98 Å². The van der Waals surface area contributed by atoms with Crippen LogP contribution >= 0.6 is 34.5 Å². The summed E-state index contributed by atoms with van der Waals surface area (Å²) >= 11 is 13.7. The molecule has 20 heavy (non-hydrogen) atoms. The number of carboxylic acids is 1. The molecule has 2 aromatic rings. The first-order chi connectivity index (χ1) is 9.51. The fraction of sp³-hybridized carbons (Fsp3) is 0.286. The molecular weight excluding hydrogens is 317 g/mol. The van der Waals surface area contributed by atoms with Crippen LogP contribution < -0.4 is 0 Å². The molecule has 0 spiro atoms. The molecule has 0 saturated heterocycles. The molecule has 0 aliphatic heterocycles. The van der Waals surface area contributed by atoms with Gasteiger partial charge in [-0.15, -0.1) is 11.3 Å². The van der Waals surface area contributed by atoms with Gasteiger partial charge in [-0.1, -0.05) is 29.3 Å². The van der Waals surface area contributed by atoms with Crippen molar-refractivity contribution in [1.29, 1.82) is 0 Å². The summed E-state index contributed by atoms with van der Waals surface area (Å²) in [5.74, 6) is -0.865. The Balaban J connectivity index is 1.96. The summed E-state index contributed by atoms with van der Waals surface area (Å²) in [6, 6.07) is 5.51. The average molecular weight is 328 g/mol. The first kappa shape index (κ1) is 13.9. The topological polar surface area (TPSA) is 50.2 Å². The van der Waals surface area contributed by atoms with Crippen LogP contribution in [0.15, 0.2) is 23.6 Å². The predicted octanol–water partition coefficient (Wildman–Crippen LogP) is 4.16. The number of hydrogen-bond acceptors (Lipinski definition) is 3. The summed E-state index contributed by atoms with van der Waals surface area (Å²) < 4.78 is 0. The Labute approximate surface area is 130 Å². The standard InChI is InChI=1S/C14H11Cl2NO2S/c15-8-1-2-10(11(16)5-8)14(3-4-14)13-17-9(7-20-13)6-12(18)19/h1-2,5,7H,3-4,6H2,(H,18,19). The molecule has 1 aliphatic carbocycles. The van der Waals surface area contributed by atoms with Crippen molar-refractivity contribution < 1.29 is 9.90 Å². The van der Waals surface area contributed by atoms with E-state index in [9.17, 15) is 4.79 Å². The van der Waals surface area contributed by atoms with E-state index in [0.717, 1.165) is 23.4 Å². The summed E-state index contributed by atoms with van der Waals surface area (Å²) in [7, 11) is 0. The lowest BCUT2D eigenvalue weighted by Gasteiger charge is -2.14. The molecule has 0 unspecified atom stereocenters. The summed E-state index contributed by atoms with van der Waals surface area (Å²) in [6.45, 7) is 0. The average Bonchev–Trinajstić information content (AvgIpc) is 3.03. The second-order valence-electron chi connectivity index (χ2n) is 4.92. The van der Waals surface area contributed by atoms with E-state index in [1.165, 1.54) is 11.3 Å². The van der Waals surface area contributed by atoms with Crippen LogP contribution in [0, 0.1) is 0 Å². The highest BCUT2D eigenvalue weighted by Gasteiger charge is 2.49. The molecule has 1 aromatic heterocycles. The highest BCUT2D eigenvalue weighted by molar-refractivity contribution is 7.10. The fourth-order valence-corrected chi connectivity index (χ4v) is 4.05. The third-order valence-corrected chi connectivity index (χ3v) is 5.13. The van der Waals surface area contributed by atoms with Crippen molar-refractivity contribution in [2.75, 3.05) is 0 Å². The van der Waals surface area contributed by atoms with Gasteiger partial charge >= 0.3 is 5.97 Å². The number of hydrogen-bond donors (Lipinski definition) is 1. The Hall–Kier alpha value is -1.10. The number of carboxylic acid groups (broad SMARTS) is 1. The van der Waals surface area contributed by atoms with E-state index in [-0.39, 0.29) is 11.8 Å². The van der Waals surface area contributed by atoms with Crippen molar-refractivity contribution in [1.82, 2.24) is 4.98 Å². The largest absolute Gasteiger partial charge is 0.481 e. The van der Waals surface area contributed by atoms with Crippen LogP contribution in [-0.2, 0) is 16.6 Å². The van der Waals surface area contributed by atoms with Crippen LogP contribution in [0.3, 0.4) is 0 Å². The molecule has 1 N–H and O–H groups in total. The summed E-state index contributed by atoms with van der Waals surface area (Å²) in [6.07, 6.45) is 1.92. The van der Waals surface area contributed by atoms with Crippen LogP contribution in [0.2, 0.25) is 10.0 Å². The van der Waals surface area contributed by atoms with Gasteiger partial charge in [-0.05, 0) is 30.5 Å². The van der Waals surface area contributed by atoms with Crippen molar-refractivity contribution in [3.8, 4) is 0 Å². The van der Waals surface area contributed by atoms with E-state index in [0.29, 0.717) is 15.7 Å². The van der Waals surface area contributed by atoms with E-state index in [1.807, 2.05) is 17.5 Å². The number of aromatic nitrogens is 1. The van der Waals surface area contributed by atoms with Crippen LogP contribution in [0.1, 0.15) is 29.1 Å².